The lowest BCUT2D eigenvalue weighted by Crippen LogP contribution is -2.30. The molecule has 2 aromatic heterocycles. The van der Waals surface area contributed by atoms with Crippen LogP contribution in [-0.2, 0) is 6.54 Å². The molecule has 1 aliphatic rings. The predicted octanol–water partition coefficient (Wildman–Crippen LogP) is 5.46. The van der Waals surface area contributed by atoms with Crippen molar-refractivity contribution >= 4 is 10.8 Å². The van der Waals surface area contributed by atoms with E-state index in [1.54, 1.807) is 31.4 Å². The zero-order valence-electron chi connectivity index (χ0n) is 19.3. The summed E-state index contributed by atoms with van der Waals surface area (Å²) in [5.41, 5.74) is 2.95. The minimum atomic E-state index is -0.302. The lowest BCUT2D eigenvalue weighted by Gasteiger charge is -2.30. The number of furan rings is 1. The minimum absolute atomic E-state index is 0.302. The molecule has 3 aromatic carbocycles. The first-order chi connectivity index (χ1) is 17.2. The average Bonchev–Trinajstić information content (AvgIpc) is 3.42. The second-order valence-electron chi connectivity index (χ2n) is 8.37. The lowest BCUT2D eigenvalue weighted by molar-refractivity contribution is 0.354. The highest BCUT2D eigenvalue weighted by Gasteiger charge is 2.34. The Morgan fingerprint density at radius 3 is 2.60 bits per heavy atom. The van der Waals surface area contributed by atoms with Crippen molar-refractivity contribution in [1.29, 1.82) is 5.41 Å². The zero-order chi connectivity index (χ0) is 23.9. The van der Waals surface area contributed by atoms with Crippen LogP contribution in [0.4, 0.5) is 0 Å². The van der Waals surface area contributed by atoms with Gasteiger partial charge < -0.3 is 23.2 Å². The summed E-state index contributed by atoms with van der Waals surface area (Å²) >= 11 is 0. The van der Waals surface area contributed by atoms with Gasteiger partial charge in [-0.3, -0.25) is 5.41 Å². The highest BCUT2D eigenvalue weighted by Crippen LogP contribution is 2.49. The third kappa shape index (κ3) is 3.44. The Bertz CT molecular complexity index is 1610. The van der Waals surface area contributed by atoms with Crippen LogP contribution in [0.25, 0.3) is 10.8 Å². The van der Waals surface area contributed by atoms with Gasteiger partial charge in [0.15, 0.2) is 11.5 Å². The van der Waals surface area contributed by atoms with Gasteiger partial charge in [0.2, 0.25) is 5.88 Å². The smallest absolute Gasteiger partial charge is 0.228 e. The summed E-state index contributed by atoms with van der Waals surface area (Å²) in [7, 11) is 3.24. The maximum atomic E-state index is 9.18. The number of nitrogens with one attached hydrogen (secondary N) is 1. The van der Waals surface area contributed by atoms with Crippen LogP contribution in [0.2, 0.25) is 0 Å². The van der Waals surface area contributed by atoms with Crippen LogP contribution in [0, 0.1) is 5.41 Å². The van der Waals surface area contributed by atoms with E-state index in [1.165, 1.54) is 0 Å². The van der Waals surface area contributed by atoms with E-state index in [0.717, 1.165) is 33.4 Å². The Kier molecular flexibility index (Phi) is 5.03. The van der Waals surface area contributed by atoms with Gasteiger partial charge in [-0.05, 0) is 46.7 Å². The highest BCUT2D eigenvalue weighted by molar-refractivity contribution is 5.90. The standard InChI is InChI=1S/C28H23N3O4/c1-32-21-11-10-18(14-23(21)33-2)24-25-20-8-4-3-6-17(20)9-12-22(25)35-28-26(24)27(29)31(16-30-28)15-19-7-5-13-34-19/h3-14,16,24,29H,15H2,1-2H3/t24-/m0/s1. The lowest BCUT2D eigenvalue weighted by atomic mass is 9.81. The van der Waals surface area contributed by atoms with Crippen LogP contribution in [0.15, 0.2) is 83.7 Å². The number of rotatable bonds is 5. The fourth-order valence-corrected chi connectivity index (χ4v) is 4.81. The van der Waals surface area contributed by atoms with E-state index in [2.05, 4.69) is 17.1 Å². The van der Waals surface area contributed by atoms with Crippen molar-refractivity contribution in [2.24, 2.45) is 0 Å². The van der Waals surface area contributed by atoms with Crippen molar-refractivity contribution in [1.82, 2.24) is 9.55 Å². The number of hydrogen-bond acceptors (Lipinski definition) is 6. The summed E-state index contributed by atoms with van der Waals surface area (Å²) in [6.07, 6.45) is 3.25. The van der Waals surface area contributed by atoms with Crippen molar-refractivity contribution in [3.05, 3.63) is 107 Å². The number of hydrogen-bond donors (Lipinski definition) is 1. The monoisotopic (exact) mass is 465 g/mol. The van der Waals surface area contributed by atoms with Gasteiger partial charge >= 0.3 is 0 Å². The third-order valence-electron chi connectivity index (χ3n) is 6.45. The molecule has 0 saturated heterocycles. The molecule has 1 aliphatic heterocycles. The van der Waals surface area contributed by atoms with Gasteiger partial charge in [-0.1, -0.05) is 36.4 Å². The molecule has 6 rings (SSSR count). The molecule has 0 radical (unpaired) electrons. The maximum Gasteiger partial charge on any atom is 0.228 e. The first kappa shape index (κ1) is 21.0. The molecule has 1 N–H and O–H groups in total. The van der Waals surface area contributed by atoms with Crippen LogP contribution in [0.1, 0.15) is 28.4 Å². The SMILES string of the molecule is COc1ccc([C@@H]2c3c(ncn(Cc4ccco4)c3=N)Oc3ccc4ccccc4c32)cc1OC. The van der Waals surface area contributed by atoms with E-state index >= 15 is 0 Å². The zero-order valence-corrected chi connectivity index (χ0v) is 19.3. The second-order valence-corrected chi connectivity index (χ2v) is 8.37. The Morgan fingerprint density at radius 2 is 1.80 bits per heavy atom. The number of ether oxygens (including phenoxy) is 3. The number of fused-ring (bicyclic) bond motifs is 4. The van der Waals surface area contributed by atoms with Gasteiger partial charge in [0, 0.05) is 11.5 Å². The van der Waals surface area contributed by atoms with Gasteiger partial charge in [-0.15, -0.1) is 0 Å². The Morgan fingerprint density at radius 1 is 0.943 bits per heavy atom. The Balaban J connectivity index is 1.63. The normalized spacial score (nSPS) is 14.2. The topological polar surface area (TPSA) is 82.5 Å². The quantitative estimate of drug-likeness (QED) is 0.366. The highest BCUT2D eigenvalue weighted by atomic mass is 16.5. The first-order valence-corrected chi connectivity index (χ1v) is 11.3. The molecule has 0 unspecified atom stereocenters. The molecule has 7 nitrogen and oxygen atoms in total. The number of benzene rings is 3. The Labute approximate surface area is 201 Å². The molecule has 3 heterocycles. The van der Waals surface area contributed by atoms with Gasteiger partial charge in [0.1, 0.15) is 23.3 Å². The van der Waals surface area contributed by atoms with E-state index < -0.39 is 0 Å². The molecule has 0 amide bonds. The van der Waals surface area contributed by atoms with Gasteiger partial charge in [0.25, 0.3) is 0 Å². The van der Waals surface area contributed by atoms with Crippen molar-refractivity contribution < 1.29 is 18.6 Å². The summed E-state index contributed by atoms with van der Waals surface area (Å²) in [5.74, 6) is 2.87. The molecule has 7 heteroatoms. The molecule has 1 atom stereocenters. The van der Waals surface area contributed by atoms with Crippen LogP contribution in [0.5, 0.6) is 23.1 Å². The fourth-order valence-electron chi connectivity index (χ4n) is 4.81. The fraction of sp³-hybridized carbons (Fsp3) is 0.143. The van der Waals surface area contributed by atoms with E-state index in [-0.39, 0.29) is 5.92 Å². The molecular weight excluding hydrogens is 442 g/mol. The van der Waals surface area contributed by atoms with Crippen LogP contribution < -0.4 is 19.7 Å². The predicted molar refractivity (Wildman–Crippen MR) is 130 cm³/mol. The second kappa shape index (κ2) is 8.36. The van der Waals surface area contributed by atoms with E-state index in [4.69, 9.17) is 18.6 Å². The molecule has 0 bridgehead atoms. The van der Waals surface area contributed by atoms with E-state index in [1.807, 2.05) is 54.6 Å². The largest absolute Gasteiger partial charge is 0.493 e. The van der Waals surface area contributed by atoms with Crippen LogP contribution in [0.3, 0.4) is 0 Å². The summed E-state index contributed by atoms with van der Waals surface area (Å²) in [4.78, 5) is 4.61. The van der Waals surface area contributed by atoms with Crippen molar-refractivity contribution in [2.75, 3.05) is 14.2 Å². The molecule has 35 heavy (non-hydrogen) atoms. The molecular formula is C28H23N3O4. The number of nitrogens with zero attached hydrogens (tertiary/aromatic N) is 2. The molecule has 0 saturated carbocycles. The summed E-state index contributed by atoms with van der Waals surface area (Å²) in [6.45, 7) is 0.396. The van der Waals surface area contributed by atoms with Crippen LogP contribution >= 0.6 is 0 Å². The molecule has 0 aliphatic carbocycles. The van der Waals surface area contributed by atoms with Gasteiger partial charge in [-0.2, -0.15) is 0 Å². The van der Waals surface area contributed by atoms with Crippen molar-refractivity contribution in [2.45, 2.75) is 12.5 Å². The number of aromatic nitrogens is 2. The van der Waals surface area contributed by atoms with Gasteiger partial charge in [-0.25, -0.2) is 4.98 Å². The summed E-state index contributed by atoms with van der Waals surface area (Å²) in [6, 6.07) is 21.8. The minimum Gasteiger partial charge on any atom is -0.493 e. The summed E-state index contributed by atoms with van der Waals surface area (Å²) < 4.78 is 24.7. The van der Waals surface area contributed by atoms with Crippen molar-refractivity contribution in [3.8, 4) is 23.1 Å². The maximum absolute atomic E-state index is 9.18. The van der Waals surface area contributed by atoms with Gasteiger partial charge in [0.05, 0.1) is 32.6 Å². The van der Waals surface area contributed by atoms with Crippen molar-refractivity contribution in [3.63, 3.8) is 0 Å². The Hall–Kier alpha value is -4.52. The van der Waals surface area contributed by atoms with Crippen LogP contribution in [-0.4, -0.2) is 23.8 Å². The number of methoxy groups -OCH3 is 2. The average molecular weight is 466 g/mol. The molecule has 5 aromatic rings. The van der Waals surface area contributed by atoms with E-state index in [0.29, 0.717) is 35.0 Å². The molecule has 174 valence electrons. The third-order valence-corrected chi connectivity index (χ3v) is 6.45. The summed E-state index contributed by atoms with van der Waals surface area (Å²) in [5, 5.41) is 11.3. The molecule has 0 spiro atoms. The first-order valence-electron chi connectivity index (χ1n) is 11.3. The van der Waals surface area contributed by atoms with E-state index in [9.17, 15) is 5.41 Å². The molecule has 0 fully saturated rings.